The van der Waals surface area contributed by atoms with Gasteiger partial charge < -0.3 is 19.4 Å². The summed E-state index contributed by atoms with van der Waals surface area (Å²) in [5.41, 5.74) is 1.21. The average Bonchev–Trinajstić information content (AvgIpc) is 3.60. The molecule has 0 radical (unpaired) electrons. The van der Waals surface area contributed by atoms with Crippen LogP contribution >= 0.6 is 0 Å². The molecular formula is C29H30FN3O4. The first-order valence-electron chi connectivity index (χ1n) is 13.0. The van der Waals surface area contributed by atoms with Gasteiger partial charge in [0.1, 0.15) is 11.5 Å². The van der Waals surface area contributed by atoms with Crippen molar-refractivity contribution in [1.29, 1.82) is 0 Å². The van der Waals surface area contributed by atoms with Crippen molar-refractivity contribution < 1.29 is 23.6 Å². The first kappa shape index (κ1) is 23.9. The number of piperidine rings is 2. The predicted molar refractivity (Wildman–Crippen MR) is 134 cm³/mol. The largest absolute Gasteiger partial charge is 0.391 e. The van der Waals surface area contributed by atoms with Crippen LogP contribution in [0.2, 0.25) is 0 Å². The maximum atomic E-state index is 14.1. The molecule has 1 aliphatic carbocycles. The van der Waals surface area contributed by atoms with E-state index in [0.29, 0.717) is 49.5 Å². The second kappa shape index (κ2) is 9.41. The first-order chi connectivity index (χ1) is 17.9. The van der Waals surface area contributed by atoms with Gasteiger partial charge in [0.2, 0.25) is 11.7 Å². The quantitative estimate of drug-likeness (QED) is 0.556. The number of aliphatic hydroxyl groups excluding tert-OH is 1. The van der Waals surface area contributed by atoms with Gasteiger partial charge in [-0.05, 0) is 67.9 Å². The van der Waals surface area contributed by atoms with Crippen molar-refractivity contribution in [2.75, 3.05) is 19.6 Å². The second-order valence-electron chi connectivity index (χ2n) is 10.7. The van der Waals surface area contributed by atoms with Crippen LogP contribution in [0.1, 0.15) is 54.3 Å². The van der Waals surface area contributed by atoms with Crippen LogP contribution in [0.3, 0.4) is 0 Å². The van der Waals surface area contributed by atoms with E-state index in [0.717, 1.165) is 18.4 Å². The van der Waals surface area contributed by atoms with Crippen LogP contribution in [0.15, 0.2) is 65.2 Å². The highest BCUT2D eigenvalue weighted by Crippen LogP contribution is 2.47. The fraction of sp³-hybridized carbons (Fsp3) is 0.414. The Hall–Kier alpha value is -3.52. The molecule has 3 heterocycles. The number of hydrogen-bond donors (Lipinski definition) is 1. The van der Waals surface area contributed by atoms with Crippen LogP contribution in [0.5, 0.6) is 0 Å². The summed E-state index contributed by atoms with van der Waals surface area (Å²) in [6, 6.07) is 16.7. The third-order valence-corrected chi connectivity index (χ3v) is 8.03. The van der Waals surface area contributed by atoms with E-state index in [1.807, 2.05) is 35.2 Å². The molecule has 1 spiro atoms. The molecule has 6 rings (SSSR count). The molecule has 0 unspecified atom stereocenters. The maximum Gasteiger partial charge on any atom is 0.292 e. The Balaban J connectivity index is 1.24. The number of aromatic nitrogens is 1. The van der Waals surface area contributed by atoms with E-state index in [1.54, 1.807) is 23.1 Å². The smallest absolute Gasteiger partial charge is 0.292 e. The number of rotatable bonds is 5. The average molecular weight is 504 g/mol. The van der Waals surface area contributed by atoms with E-state index in [1.165, 1.54) is 12.1 Å². The Kier molecular flexibility index (Phi) is 6.07. The molecule has 2 aliphatic heterocycles. The Morgan fingerprint density at radius 1 is 1.14 bits per heavy atom. The summed E-state index contributed by atoms with van der Waals surface area (Å²) < 4.78 is 18.6. The molecule has 1 saturated carbocycles. The Labute approximate surface area is 214 Å². The van der Waals surface area contributed by atoms with E-state index < -0.39 is 11.5 Å². The van der Waals surface area contributed by atoms with Crippen molar-refractivity contribution in [3.63, 3.8) is 0 Å². The van der Waals surface area contributed by atoms with Gasteiger partial charge in [0.25, 0.3) is 5.91 Å². The zero-order valence-electron chi connectivity index (χ0n) is 20.6. The highest BCUT2D eigenvalue weighted by atomic mass is 19.1. The lowest BCUT2D eigenvalue weighted by atomic mass is 9.69. The first-order valence-corrected chi connectivity index (χ1v) is 13.0. The molecule has 8 heteroatoms. The zero-order chi connectivity index (χ0) is 25.6. The van der Waals surface area contributed by atoms with Crippen LogP contribution < -0.4 is 0 Å². The van der Waals surface area contributed by atoms with Crippen molar-refractivity contribution in [3.8, 4) is 11.3 Å². The molecule has 2 amide bonds. The fourth-order valence-corrected chi connectivity index (χ4v) is 6.00. The lowest BCUT2D eigenvalue weighted by Gasteiger charge is -2.52. The van der Waals surface area contributed by atoms with E-state index in [-0.39, 0.29) is 36.0 Å². The van der Waals surface area contributed by atoms with Crippen LogP contribution in [-0.2, 0) is 4.79 Å². The minimum atomic E-state index is -0.826. The van der Waals surface area contributed by atoms with Gasteiger partial charge in [-0.1, -0.05) is 35.5 Å². The second-order valence-corrected chi connectivity index (χ2v) is 10.7. The molecule has 3 fully saturated rings. The molecule has 3 aliphatic rings. The number of hydrogen-bond acceptors (Lipinski definition) is 5. The van der Waals surface area contributed by atoms with Crippen LogP contribution in [0, 0.1) is 17.2 Å². The predicted octanol–water partition coefficient (Wildman–Crippen LogP) is 4.45. The summed E-state index contributed by atoms with van der Waals surface area (Å²) in [5.74, 6) is -0.108. The zero-order valence-corrected chi connectivity index (χ0v) is 20.6. The minimum Gasteiger partial charge on any atom is -0.391 e. The molecule has 37 heavy (non-hydrogen) atoms. The van der Waals surface area contributed by atoms with Crippen molar-refractivity contribution >= 4 is 11.8 Å². The molecule has 3 aromatic rings. The van der Waals surface area contributed by atoms with Crippen LogP contribution in [0.4, 0.5) is 4.39 Å². The van der Waals surface area contributed by atoms with Gasteiger partial charge >= 0.3 is 0 Å². The Morgan fingerprint density at radius 3 is 2.62 bits per heavy atom. The third kappa shape index (κ3) is 4.55. The van der Waals surface area contributed by atoms with Crippen molar-refractivity contribution in [1.82, 2.24) is 15.0 Å². The fourth-order valence-electron chi connectivity index (χ4n) is 6.00. The summed E-state index contributed by atoms with van der Waals surface area (Å²) in [6.45, 7) is 1.37. The lowest BCUT2D eigenvalue weighted by Crippen LogP contribution is -2.61. The van der Waals surface area contributed by atoms with Gasteiger partial charge in [0.15, 0.2) is 0 Å². The van der Waals surface area contributed by atoms with Gasteiger partial charge in [-0.2, -0.15) is 0 Å². The molecule has 1 aromatic heterocycles. The van der Waals surface area contributed by atoms with Crippen molar-refractivity contribution in [3.05, 3.63) is 77.8 Å². The highest BCUT2D eigenvalue weighted by molar-refractivity contribution is 5.93. The SMILES string of the molecule is O=C(c1cc(-c2ccc(F)cc2)no1)N1CCC[C@@]2(C[C@@H](O)[C@H](c3ccccc3)N(CC3CC3)C2=O)C1. The lowest BCUT2D eigenvalue weighted by molar-refractivity contribution is -0.164. The topological polar surface area (TPSA) is 86.9 Å². The number of likely N-dealkylation sites (tertiary alicyclic amines) is 2. The van der Waals surface area contributed by atoms with Crippen LogP contribution in [0.25, 0.3) is 11.3 Å². The number of amides is 2. The molecular weight excluding hydrogens is 473 g/mol. The molecule has 0 bridgehead atoms. The highest BCUT2D eigenvalue weighted by Gasteiger charge is 2.54. The van der Waals surface area contributed by atoms with Crippen molar-refractivity contribution in [2.45, 2.75) is 44.2 Å². The molecule has 3 atom stereocenters. The maximum absolute atomic E-state index is 14.1. The minimum absolute atomic E-state index is 0.0284. The van der Waals surface area contributed by atoms with Gasteiger partial charge in [-0.25, -0.2) is 4.39 Å². The van der Waals surface area contributed by atoms with E-state index in [9.17, 15) is 19.1 Å². The number of benzene rings is 2. The number of nitrogens with zero attached hydrogens (tertiary/aromatic N) is 3. The van der Waals surface area contributed by atoms with Crippen LogP contribution in [-0.4, -0.2) is 57.6 Å². The standard InChI is InChI=1S/C29H30FN3O4/c30-22-11-9-20(10-12-22)23-15-25(37-31-23)27(35)32-14-4-13-29(18-32)16-24(34)26(21-5-2-1-3-6-21)33(28(29)36)17-19-7-8-19/h1-3,5-6,9-12,15,19,24,26,34H,4,7-8,13-14,16-18H2/t24-,26+,29-/m1/s1. The Morgan fingerprint density at radius 2 is 1.89 bits per heavy atom. The van der Waals surface area contributed by atoms with Gasteiger partial charge in [0.05, 0.1) is 17.6 Å². The monoisotopic (exact) mass is 503 g/mol. The summed E-state index contributed by atoms with van der Waals surface area (Å²) in [7, 11) is 0. The summed E-state index contributed by atoms with van der Waals surface area (Å²) in [5, 5.41) is 15.4. The number of aliphatic hydroxyl groups is 1. The summed E-state index contributed by atoms with van der Waals surface area (Å²) >= 11 is 0. The Bertz CT molecular complexity index is 1290. The number of carbonyl (C=O) groups is 2. The summed E-state index contributed by atoms with van der Waals surface area (Å²) in [4.78, 5) is 31.1. The van der Waals surface area contributed by atoms with Gasteiger partial charge in [-0.15, -0.1) is 0 Å². The number of carbonyl (C=O) groups excluding carboxylic acids is 2. The van der Waals surface area contributed by atoms with Gasteiger partial charge in [-0.3, -0.25) is 9.59 Å². The summed E-state index contributed by atoms with van der Waals surface area (Å²) in [6.07, 6.45) is 3.09. The third-order valence-electron chi connectivity index (χ3n) is 8.03. The van der Waals surface area contributed by atoms with E-state index in [2.05, 4.69) is 5.16 Å². The van der Waals surface area contributed by atoms with E-state index in [4.69, 9.17) is 4.52 Å². The molecule has 7 nitrogen and oxygen atoms in total. The normalized spacial score (nSPS) is 26.1. The van der Waals surface area contributed by atoms with E-state index >= 15 is 0 Å². The number of halogens is 1. The van der Waals surface area contributed by atoms with Gasteiger partial charge in [0, 0.05) is 31.3 Å². The van der Waals surface area contributed by atoms with Crippen molar-refractivity contribution in [2.24, 2.45) is 11.3 Å². The molecule has 2 aromatic carbocycles. The molecule has 192 valence electrons. The molecule has 2 saturated heterocycles. The molecule has 1 N–H and O–H groups in total.